The van der Waals surface area contributed by atoms with E-state index >= 15 is 0 Å². The molecule has 0 amide bonds. The van der Waals surface area contributed by atoms with Crippen molar-refractivity contribution < 1.29 is 9.84 Å². The predicted octanol–water partition coefficient (Wildman–Crippen LogP) is 2.54. The zero-order chi connectivity index (χ0) is 15.1. The van der Waals surface area contributed by atoms with Crippen LogP contribution in [0, 0.1) is 18.3 Å². The fourth-order valence-corrected chi connectivity index (χ4v) is 2.42. The molecule has 0 spiro atoms. The average molecular weight is 301 g/mol. The quantitative estimate of drug-likeness (QED) is 0.382. The van der Waals surface area contributed by atoms with Crippen LogP contribution in [0.15, 0.2) is 0 Å². The molecule has 0 bridgehead atoms. The minimum Gasteiger partial charge on any atom is -0.389 e. The van der Waals surface area contributed by atoms with Gasteiger partial charge in [0.25, 0.3) is 0 Å². The molecule has 0 aromatic carbocycles. The van der Waals surface area contributed by atoms with Crippen LogP contribution in [0.3, 0.4) is 0 Å². The molecule has 2 atom stereocenters. The summed E-state index contributed by atoms with van der Waals surface area (Å²) in [6.45, 7) is 7.07. The van der Waals surface area contributed by atoms with Crippen molar-refractivity contribution in [2.75, 3.05) is 37.8 Å². The van der Waals surface area contributed by atoms with Gasteiger partial charge < -0.3 is 15.2 Å². The van der Waals surface area contributed by atoms with E-state index in [0.717, 1.165) is 31.1 Å². The van der Waals surface area contributed by atoms with Crippen molar-refractivity contribution in [3.63, 3.8) is 0 Å². The number of unbranched alkanes of at least 4 members (excludes halogenated alkanes) is 1. The van der Waals surface area contributed by atoms with Crippen LogP contribution in [0.25, 0.3) is 0 Å². The van der Waals surface area contributed by atoms with Gasteiger partial charge >= 0.3 is 0 Å². The Balaban J connectivity index is 3.43. The number of hydrogen-bond donors (Lipinski definition) is 2. The second kappa shape index (κ2) is 15.2. The summed E-state index contributed by atoms with van der Waals surface area (Å²) >= 11 is 1.73. The molecular weight excluding hydrogens is 270 g/mol. The molecule has 118 valence electrons. The molecule has 0 radical (unpaired) electrons. The van der Waals surface area contributed by atoms with Gasteiger partial charge in [-0.3, -0.25) is 0 Å². The van der Waals surface area contributed by atoms with Gasteiger partial charge in [-0.05, 0) is 12.3 Å². The van der Waals surface area contributed by atoms with Crippen LogP contribution in [0.2, 0.25) is 0 Å². The predicted molar refractivity (Wildman–Crippen MR) is 89.2 cm³/mol. The Hall–Kier alpha value is -0.210. The minimum atomic E-state index is -0.420. The highest BCUT2D eigenvalue weighted by molar-refractivity contribution is 7.99. The molecule has 3 nitrogen and oxygen atoms in total. The fourth-order valence-electron chi connectivity index (χ4n) is 1.87. The van der Waals surface area contributed by atoms with Crippen LogP contribution in [-0.2, 0) is 4.74 Å². The number of thioether (sulfide) groups is 1. The highest BCUT2D eigenvalue weighted by atomic mass is 32.2. The number of ether oxygens (including phenoxy) is 1. The van der Waals surface area contributed by atoms with Gasteiger partial charge in [0.1, 0.15) is 0 Å². The summed E-state index contributed by atoms with van der Waals surface area (Å²) in [5, 5.41) is 13.0. The first-order chi connectivity index (χ1) is 9.74. The Morgan fingerprint density at radius 2 is 2.15 bits per heavy atom. The number of rotatable bonds is 14. The summed E-state index contributed by atoms with van der Waals surface area (Å²) in [5.41, 5.74) is 0. The van der Waals surface area contributed by atoms with Crippen molar-refractivity contribution in [2.45, 2.75) is 45.6 Å². The molecule has 0 aromatic rings. The Morgan fingerprint density at radius 1 is 1.35 bits per heavy atom. The first kappa shape index (κ1) is 19.8. The van der Waals surface area contributed by atoms with Crippen molar-refractivity contribution in [3.8, 4) is 12.3 Å². The molecule has 0 aliphatic rings. The Morgan fingerprint density at radius 3 is 2.80 bits per heavy atom. The van der Waals surface area contributed by atoms with E-state index in [4.69, 9.17) is 11.2 Å². The maximum atomic E-state index is 9.79. The molecule has 0 aliphatic heterocycles. The minimum absolute atomic E-state index is 0.420. The summed E-state index contributed by atoms with van der Waals surface area (Å²) in [5.74, 6) is 4.96. The monoisotopic (exact) mass is 301 g/mol. The van der Waals surface area contributed by atoms with Crippen molar-refractivity contribution in [1.82, 2.24) is 5.32 Å². The molecule has 0 aromatic heterocycles. The molecule has 20 heavy (non-hydrogen) atoms. The number of aliphatic hydroxyl groups excluding tert-OH is 1. The summed E-state index contributed by atoms with van der Waals surface area (Å²) in [7, 11) is 0. The van der Waals surface area contributed by atoms with Gasteiger partial charge in [-0.15, -0.1) is 18.2 Å². The molecule has 4 heteroatoms. The third-order valence-electron chi connectivity index (χ3n) is 3.20. The lowest BCUT2D eigenvalue weighted by Gasteiger charge is -2.17. The molecule has 2 N–H and O–H groups in total. The van der Waals surface area contributed by atoms with Gasteiger partial charge in [0.05, 0.1) is 18.5 Å². The first-order valence-electron chi connectivity index (χ1n) is 7.72. The van der Waals surface area contributed by atoms with Gasteiger partial charge in [0.15, 0.2) is 0 Å². The molecule has 0 fully saturated rings. The number of hydrogen-bond acceptors (Lipinski definition) is 4. The van der Waals surface area contributed by atoms with Crippen LogP contribution < -0.4 is 5.32 Å². The third kappa shape index (κ3) is 12.8. The topological polar surface area (TPSA) is 41.5 Å². The van der Waals surface area contributed by atoms with Crippen molar-refractivity contribution in [1.29, 1.82) is 0 Å². The van der Waals surface area contributed by atoms with Crippen LogP contribution >= 0.6 is 11.8 Å². The SMILES string of the molecule is C#CCSCCNCC(O)COCC(CC)CCCC. The largest absolute Gasteiger partial charge is 0.389 e. The smallest absolute Gasteiger partial charge is 0.0897 e. The molecule has 0 saturated heterocycles. The molecular formula is C16H31NO2S. The lowest BCUT2D eigenvalue weighted by atomic mass is 10.0. The van der Waals surface area contributed by atoms with Crippen LogP contribution in [0.5, 0.6) is 0 Å². The third-order valence-corrected chi connectivity index (χ3v) is 4.06. The Labute approximate surface area is 129 Å². The standard InChI is InChI=1S/C16H31NO2S/c1-4-7-8-15(6-3)13-19-14-16(18)12-17-9-11-20-10-5-2/h2,15-18H,4,6-14H2,1,3H3. The van der Waals surface area contributed by atoms with Crippen molar-refractivity contribution in [3.05, 3.63) is 0 Å². The van der Waals surface area contributed by atoms with Gasteiger partial charge in [0, 0.05) is 25.4 Å². The molecule has 0 aliphatic carbocycles. The van der Waals surface area contributed by atoms with Crippen LogP contribution in [0.4, 0.5) is 0 Å². The van der Waals surface area contributed by atoms with Gasteiger partial charge in [-0.1, -0.05) is 39.0 Å². The van der Waals surface area contributed by atoms with E-state index < -0.39 is 6.10 Å². The van der Waals surface area contributed by atoms with E-state index in [1.807, 2.05) is 0 Å². The summed E-state index contributed by atoms with van der Waals surface area (Å²) in [6, 6.07) is 0. The van der Waals surface area contributed by atoms with E-state index in [2.05, 4.69) is 25.1 Å². The first-order valence-corrected chi connectivity index (χ1v) is 8.87. The normalized spacial score (nSPS) is 13.9. The van der Waals surface area contributed by atoms with E-state index in [-0.39, 0.29) is 0 Å². The van der Waals surface area contributed by atoms with Crippen molar-refractivity contribution in [2.24, 2.45) is 5.92 Å². The highest BCUT2D eigenvalue weighted by Gasteiger charge is 2.08. The van der Waals surface area contributed by atoms with E-state index in [1.165, 1.54) is 19.3 Å². The molecule has 2 unspecified atom stereocenters. The highest BCUT2D eigenvalue weighted by Crippen LogP contribution is 2.12. The van der Waals surface area contributed by atoms with E-state index in [1.54, 1.807) is 11.8 Å². The lowest BCUT2D eigenvalue weighted by molar-refractivity contribution is 0.0196. The van der Waals surface area contributed by atoms with Gasteiger partial charge in [-0.2, -0.15) is 0 Å². The zero-order valence-electron chi connectivity index (χ0n) is 13.1. The van der Waals surface area contributed by atoms with Crippen LogP contribution in [-0.4, -0.2) is 49.0 Å². The lowest BCUT2D eigenvalue weighted by Crippen LogP contribution is -2.32. The fraction of sp³-hybridized carbons (Fsp3) is 0.875. The summed E-state index contributed by atoms with van der Waals surface area (Å²) in [4.78, 5) is 0. The van der Waals surface area contributed by atoms with Crippen molar-refractivity contribution >= 4 is 11.8 Å². The van der Waals surface area contributed by atoms with Gasteiger partial charge in [0.2, 0.25) is 0 Å². The van der Waals surface area contributed by atoms with E-state index in [0.29, 0.717) is 19.1 Å². The molecule has 0 rings (SSSR count). The zero-order valence-corrected chi connectivity index (χ0v) is 13.9. The van der Waals surface area contributed by atoms with E-state index in [9.17, 15) is 5.11 Å². The Kier molecular flexibility index (Phi) is 15.0. The summed E-state index contributed by atoms with van der Waals surface area (Å²) < 4.78 is 5.62. The second-order valence-corrected chi connectivity index (χ2v) is 6.17. The maximum Gasteiger partial charge on any atom is 0.0897 e. The number of nitrogens with one attached hydrogen (secondary N) is 1. The molecule has 0 saturated carbocycles. The van der Waals surface area contributed by atoms with Crippen LogP contribution in [0.1, 0.15) is 39.5 Å². The molecule has 0 heterocycles. The summed E-state index contributed by atoms with van der Waals surface area (Å²) in [6.07, 6.45) is 9.63. The maximum absolute atomic E-state index is 9.79. The number of terminal acetylenes is 1. The second-order valence-electron chi connectivity index (χ2n) is 5.07. The average Bonchev–Trinajstić information content (AvgIpc) is 2.46. The van der Waals surface area contributed by atoms with Gasteiger partial charge in [-0.25, -0.2) is 0 Å². The number of aliphatic hydroxyl groups is 1. The Bertz CT molecular complexity index is 243.